The van der Waals surface area contributed by atoms with E-state index in [1.54, 1.807) is 13.8 Å². The number of amides is 1. The second-order valence-corrected chi connectivity index (χ2v) is 4.58. The van der Waals surface area contributed by atoms with Gasteiger partial charge in [-0.2, -0.15) is 0 Å². The van der Waals surface area contributed by atoms with E-state index in [-0.39, 0.29) is 13.2 Å². The summed E-state index contributed by atoms with van der Waals surface area (Å²) in [6, 6.07) is 0. The molecule has 0 aliphatic carbocycles. The summed E-state index contributed by atoms with van der Waals surface area (Å²) >= 11 is 5.83. The average Bonchev–Trinajstić information content (AvgIpc) is 2.54. The van der Waals surface area contributed by atoms with Crippen LogP contribution in [0.2, 0.25) is 0 Å². The molecule has 0 bridgehead atoms. The van der Waals surface area contributed by atoms with Crippen LogP contribution < -0.4 is 0 Å². The van der Waals surface area contributed by atoms with E-state index in [0.29, 0.717) is 6.42 Å². The molecule has 0 aromatic rings. The lowest BCUT2D eigenvalue weighted by atomic mass is 10.00. The van der Waals surface area contributed by atoms with Gasteiger partial charge in [0.15, 0.2) is 0 Å². The van der Waals surface area contributed by atoms with Crippen LogP contribution in [0.4, 0.5) is 4.79 Å². The average molecular weight is 262 g/mol. The number of esters is 1. The molecule has 1 atom stereocenters. The number of carbonyl (C=O) groups is 2. The number of hydrogen-bond donors (Lipinski definition) is 0. The first-order valence-corrected chi connectivity index (χ1v) is 5.69. The molecular weight excluding hydrogens is 246 g/mol. The highest BCUT2D eigenvalue weighted by molar-refractivity contribution is 6.21. The van der Waals surface area contributed by atoms with Crippen LogP contribution in [0.3, 0.4) is 0 Å². The maximum absolute atomic E-state index is 11.4. The summed E-state index contributed by atoms with van der Waals surface area (Å²) in [7, 11) is 0. The zero-order valence-electron chi connectivity index (χ0n) is 10.2. The van der Waals surface area contributed by atoms with E-state index in [4.69, 9.17) is 21.3 Å². The van der Waals surface area contributed by atoms with Crippen molar-refractivity contribution in [1.29, 1.82) is 0 Å². The lowest BCUT2D eigenvalue weighted by Crippen LogP contribution is -2.46. The fourth-order valence-electron chi connectivity index (χ4n) is 1.43. The minimum absolute atomic E-state index is 0.0291. The Morgan fingerprint density at radius 3 is 2.71 bits per heavy atom. The van der Waals surface area contributed by atoms with Crippen molar-refractivity contribution in [2.45, 2.75) is 32.7 Å². The van der Waals surface area contributed by atoms with Crippen LogP contribution in [0.1, 0.15) is 27.2 Å². The third-order valence-corrected chi connectivity index (χ3v) is 3.09. The van der Waals surface area contributed by atoms with Gasteiger partial charge in [0.1, 0.15) is 18.8 Å². The molecular formula is C11H16ClNO4. The summed E-state index contributed by atoms with van der Waals surface area (Å²) in [4.78, 5) is 22.6. The Kier molecular flexibility index (Phi) is 4.40. The smallest absolute Gasteiger partial charge is 0.425 e. The van der Waals surface area contributed by atoms with Crippen molar-refractivity contribution >= 4 is 23.8 Å². The van der Waals surface area contributed by atoms with E-state index < -0.39 is 17.6 Å². The summed E-state index contributed by atoms with van der Waals surface area (Å²) in [5.41, 5.74) is 0.0890. The fourth-order valence-corrected chi connectivity index (χ4v) is 1.69. The van der Waals surface area contributed by atoms with Crippen LogP contribution in [0.5, 0.6) is 0 Å². The molecule has 0 radical (unpaired) electrons. The molecule has 17 heavy (non-hydrogen) atoms. The van der Waals surface area contributed by atoms with Crippen molar-refractivity contribution in [3.63, 3.8) is 0 Å². The Balaban J connectivity index is 2.63. The van der Waals surface area contributed by atoms with Crippen LogP contribution in [0.15, 0.2) is 11.6 Å². The van der Waals surface area contributed by atoms with E-state index in [1.807, 2.05) is 6.92 Å². The highest BCUT2D eigenvalue weighted by Gasteiger charge is 2.47. The van der Waals surface area contributed by atoms with Crippen LogP contribution in [0.25, 0.3) is 0 Å². The van der Waals surface area contributed by atoms with E-state index in [0.717, 1.165) is 9.99 Å². The number of nitrogens with zero attached hydrogens (tertiary/aromatic N) is 1. The van der Waals surface area contributed by atoms with Gasteiger partial charge in [0, 0.05) is 17.9 Å². The van der Waals surface area contributed by atoms with E-state index >= 15 is 0 Å². The molecule has 0 aromatic carbocycles. The molecule has 1 unspecified atom stereocenters. The molecule has 1 aliphatic heterocycles. The molecule has 1 saturated heterocycles. The van der Waals surface area contributed by atoms with Gasteiger partial charge in [-0.15, -0.1) is 0 Å². The first-order chi connectivity index (χ1) is 7.91. The second-order valence-electron chi connectivity index (χ2n) is 4.24. The van der Waals surface area contributed by atoms with Gasteiger partial charge in [-0.05, 0) is 20.3 Å². The molecule has 1 rings (SSSR count). The van der Waals surface area contributed by atoms with Gasteiger partial charge in [-0.1, -0.05) is 12.5 Å². The maximum atomic E-state index is 11.4. The lowest BCUT2D eigenvalue weighted by Gasteiger charge is -2.28. The number of ether oxygens (including phenoxy) is 2. The maximum Gasteiger partial charge on any atom is 0.425 e. The summed E-state index contributed by atoms with van der Waals surface area (Å²) in [6.45, 7) is 5.61. The first-order valence-electron chi connectivity index (χ1n) is 5.36. The molecule has 5 nitrogen and oxygen atoms in total. The molecule has 1 fully saturated rings. The van der Waals surface area contributed by atoms with Crippen LogP contribution >= 0.6 is 11.8 Å². The van der Waals surface area contributed by atoms with Crippen molar-refractivity contribution in [1.82, 2.24) is 4.42 Å². The van der Waals surface area contributed by atoms with Gasteiger partial charge in [-0.3, -0.25) is 0 Å². The van der Waals surface area contributed by atoms with Gasteiger partial charge in [0.05, 0.1) is 0 Å². The summed E-state index contributed by atoms with van der Waals surface area (Å²) in [5.74, 6) is -0.442. The second kappa shape index (κ2) is 5.40. The Hall–Kier alpha value is -1.23. The SMILES string of the molecule is CCC1(COC(=O)C=C(C)C)COC(=O)N1Cl. The topological polar surface area (TPSA) is 55.8 Å². The summed E-state index contributed by atoms with van der Waals surface area (Å²) in [6.07, 6.45) is 1.33. The summed E-state index contributed by atoms with van der Waals surface area (Å²) in [5, 5.41) is 0. The number of cyclic esters (lactones) is 1. The standard InChI is InChI=1S/C11H16ClNO4/c1-4-11(7-17-10(15)13(11)12)6-16-9(14)5-8(2)3/h5H,4,6-7H2,1-3H3. The quantitative estimate of drug-likeness (QED) is 0.442. The monoisotopic (exact) mass is 261 g/mol. The molecule has 1 amide bonds. The van der Waals surface area contributed by atoms with Crippen molar-refractivity contribution in [2.75, 3.05) is 13.2 Å². The Bertz CT molecular complexity index is 351. The Morgan fingerprint density at radius 1 is 1.65 bits per heavy atom. The highest BCUT2D eigenvalue weighted by Crippen LogP contribution is 2.30. The van der Waals surface area contributed by atoms with Gasteiger partial charge < -0.3 is 9.47 Å². The van der Waals surface area contributed by atoms with Crippen molar-refractivity contribution in [2.24, 2.45) is 0 Å². The molecule has 6 heteroatoms. The molecule has 1 aliphatic rings. The lowest BCUT2D eigenvalue weighted by molar-refractivity contribution is -0.140. The molecule has 96 valence electrons. The molecule has 0 spiro atoms. The minimum atomic E-state index is -0.760. The minimum Gasteiger partial charge on any atom is -0.460 e. The van der Waals surface area contributed by atoms with Gasteiger partial charge in [-0.25, -0.2) is 14.0 Å². The zero-order valence-corrected chi connectivity index (χ0v) is 10.9. The van der Waals surface area contributed by atoms with Crippen LogP contribution in [0, 0.1) is 0 Å². The van der Waals surface area contributed by atoms with Crippen LogP contribution in [-0.4, -0.2) is 35.2 Å². The predicted molar refractivity (Wildman–Crippen MR) is 62.5 cm³/mol. The van der Waals surface area contributed by atoms with Gasteiger partial charge in [0.25, 0.3) is 0 Å². The van der Waals surface area contributed by atoms with E-state index in [9.17, 15) is 9.59 Å². The fraction of sp³-hybridized carbons (Fsp3) is 0.636. The number of hydrogen-bond acceptors (Lipinski definition) is 4. The Morgan fingerprint density at radius 2 is 2.29 bits per heavy atom. The van der Waals surface area contributed by atoms with Crippen molar-refractivity contribution in [3.8, 4) is 0 Å². The van der Waals surface area contributed by atoms with E-state index in [1.165, 1.54) is 6.08 Å². The molecule has 0 aromatic heterocycles. The molecule has 1 heterocycles. The molecule has 0 saturated carbocycles. The van der Waals surface area contributed by atoms with Crippen molar-refractivity contribution in [3.05, 3.63) is 11.6 Å². The first kappa shape index (κ1) is 13.8. The number of rotatable bonds is 4. The van der Waals surface area contributed by atoms with Gasteiger partial charge >= 0.3 is 12.1 Å². The largest absolute Gasteiger partial charge is 0.460 e. The predicted octanol–water partition coefficient (Wildman–Crippen LogP) is 2.25. The number of allylic oxidation sites excluding steroid dienone is 1. The third-order valence-electron chi connectivity index (χ3n) is 2.59. The number of carbonyl (C=O) groups excluding carboxylic acids is 2. The molecule has 0 N–H and O–H groups in total. The third kappa shape index (κ3) is 3.12. The zero-order chi connectivity index (χ0) is 13.1. The van der Waals surface area contributed by atoms with Crippen molar-refractivity contribution < 1.29 is 19.1 Å². The normalized spacial score (nSPS) is 23.3. The highest BCUT2D eigenvalue weighted by atomic mass is 35.5. The van der Waals surface area contributed by atoms with Gasteiger partial charge in [0.2, 0.25) is 0 Å². The van der Waals surface area contributed by atoms with Crippen LogP contribution in [-0.2, 0) is 14.3 Å². The Labute approximate surface area is 105 Å². The number of halogens is 1. The van der Waals surface area contributed by atoms with E-state index in [2.05, 4.69) is 0 Å². The summed E-state index contributed by atoms with van der Waals surface area (Å²) < 4.78 is 10.9.